The van der Waals surface area contributed by atoms with Crippen LogP contribution in [0.25, 0.3) is 0 Å². The average molecular weight is 335 g/mol. The van der Waals surface area contributed by atoms with Crippen molar-refractivity contribution in [1.82, 2.24) is 4.90 Å². The fourth-order valence-electron chi connectivity index (χ4n) is 3.79. The molecule has 1 aromatic rings. The second-order valence-corrected chi connectivity index (χ2v) is 7.03. The molecule has 0 amide bonds. The molecule has 0 spiro atoms. The molecule has 0 atom stereocenters. The number of quaternary nitrogens is 1. The summed E-state index contributed by atoms with van der Waals surface area (Å²) in [6.07, 6.45) is 7.13. The molecule has 5 heteroatoms. The van der Waals surface area contributed by atoms with Crippen LogP contribution in [0, 0.1) is 0 Å². The molecule has 0 radical (unpaired) electrons. The Labute approximate surface area is 144 Å². The number of nitrogens with zero attached hydrogens (tertiary/aromatic N) is 1. The van der Waals surface area contributed by atoms with E-state index in [0.717, 1.165) is 35.7 Å². The van der Waals surface area contributed by atoms with Crippen LogP contribution in [0.15, 0.2) is 24.3 Å². The lowest BCUT2D eigenvalue weighted by atomic mass is 9.94. The Morgan fingerprint density at radius 1 is 1.13 bits per heavy atom. The smallest absolute Gasteiger partial charge is 0.173 e. The molecule has 23 heavy (non-hydrogen) atoms. The van der Waals surface area contributed by atoms with Gasteiger partial charge in [0.15, 0.2) is 5.11 Å². The number of nitrogens with one attached hydrogen (secondary N) is 2. The van der Waals surface area contributed by atoms with E-state index < -0.39 is 0 Å². The SMILES string of the molecule is COc1ccc(NC(=S)N2CC[NH+](C3CCCCC3)CC2)cc1. The van der Waals surface area contributed by atoms with Crippen LogP contribution in [0.4, 0.5) is 5.69 Å². The van der Waals surface area contributed by atoms with Crippen LogP contribution in [0.3, 0.4) is 0 Å². The summed E-state index contributed by atoms with van der Waals surface area (Å²) in [7, 11) is 1.68. The van der Waals surface area contributed by atoms with Crippen LogP contribution in [0.5, 0.6) is 5.75 Å². The molecule has 3 rings (SSSR count). The van der Waals surface area contributed by atoms with Gasteiger partial charge < -0.3 is 19.9 Å². The minimum absolute atomic E-state index is 0.845. The summed E-state index contributed by atoms with van der Waals surface area (Å²) < 4.78 is 5.19. The van der Waals surface area contributed by atoms with E-state index in [4.69, 9.17) is 17.0 Å². The third kappa shape index (κ3) is 4.36. The summed E-state index contributed by atoms with van der Waals surface area (Å²) in [5, 5.41) is 4.20. The normalized spacial score (nSPS) is 20.3. The monoisotopic (exact) mass is 334 g/mol. The van der Waals surface area contributed by atoms with Crippen molar-refractivity contribution in [2.45, 2.75) is 38.1 Å². The Balaban J connectivity index is 1.47. The lowest BCUT2D eigenvalue weighted by Gasteiger charge is -2.38. The van der Waals surface area contributed by atoms with Gasteiger partial charge in [0, 0.05) is 5.69 Å². The Kier molecular flexibility index (Phi) is 5.73. The van der Waals surface area contributed by atoms with Crippen molar-refractivity contribution in [3.05, 3.63) is 24.3 Å². The largest absolute Gasteiger partial charge is 0.497 e. The average Bonchev–Trinajstić information content (AvgIpc) is 2.63. The van der Waals surface area contributed by atoms with E-state index in [1.165, 1.54) is 45.2 Å². The maximum Gasteiger partial charge on any atom is 0.173 e. The molecular weight excluding hydrogens is 306 g/mol. The molecule has 4 nitrogen and oxygen atoms in total. The van der Waals surface area contributed by atoms with E-state index in [1.807, 2.05) is 24.3 Å². The molecule has 1 aliphatic carbocycles. The van der Waals surface area contributed by atoms with Gasteiger partial charge in [0.1, 0.15) is 5.75 Å². The zero-order valence-corrected chi connectivity index (χ0v) is 14.8. The second kappa shape index (κ2) is 7.97. The third-order valence-electron chi connectivity index (χ3n) is 5.22. The summed E-state index contributed by atoms with van der Waals surface area (Å²) in [5.41, 5.74) is 1.03. The third-order valence-corrected chi connectivity index (χ3v) is 5.58. The molecule has 1 saturated carbocycles. The predicted molar refractivity (Wildman–Crippen MR) is 98.4 cm³/mol. The van der Waals surface area contributed by atoms with Crippen LogP contribution >= 0.6 is 12.2 Å². The van der Waals surface area contributed by atoms with Crippen LogP contribution in [0.1, 0.15) is 32.1 Å². The molecule has 1 aliphatic heterocycles. The second-order valence-electron chi connectivity index (χ2n) is 6.64. The van der Waals surface area contributed by atoms with Crippen LogP contribution in [-0.4, -0.2) is 49.3 Å². The summed E-state index contributed by atoms with van der Waals surface area (Å²) in [6.45, 7) is 4.56. The molecule has 126 valence electrons. The van der Waals surface area contributed by atoms with Crippen molar-refractivity contribution in [2.75, 3.05) is 38.6 Å². The number of benzene rings is 1. The summed E-state index contributed by atoms with van der Waals surface area (Å²) in [5.74, 6) is 0.867. The van der Waals surface area contributed by atoms with Gasteiger partial charge in [0.2, 0.25) is 0 Å². The van der Waals surface area contributed by atoms with Gasteiger partial charge >= 0.3 is 0 Å². The van der Waals surface area contributed by atoms with Gasteiger partial charge in [-0.2, -0.15) is 0 Å². The van der Waals surface area contributed by atoms with Gasteiger partial charge in [0.05, 0.1) is 39.3 Å². The fourth-order valence-corrected chi connectivity index (χ4v) is 4.09. The maximum absolute atomic E-state index is 5.59. The van der Waals surface area contributed by atoms with Crippen molar-refractivity contribution >= 4 is 23.0 Å². The van der Waals surface area contributed by atoms with E-state index in [1.54, 1.807) is 12.0 Å². The highest BCUT2D eigenvalue weighted by Crippen LogP contribution is 2.17. The molecule has 0 unspecified atom stereocenters. The molecule has 1 saturated heterocycles. The summed E-state index contributed by atoms with van der Waals surface area (Å²) in [4.78, 5) is 4.11. The van der Waals surface area contributed by atoms with Gasteiger partial charge in [0.25, 0.3) is 0 Å². The van der Waals surface area contributed by atoms with Gasteiger partial charge in [-0.3, -0.25) is 0 Å². The predicted octanol–water partition coefficient (Wildman–Crippen LogP) is 1.93. The van der Waals surface area contributed by atoms with Crippen molar-refractivity contribution in [3.8, 4) is 5.75 Å². The number of piperazine rings is 1. The van der Waals surface area contributed by atoms with Gasteiger partial charge in [-0.05, 0) is 62.2 Å². The molecule has 0 aromatic heterocycles. The summed E-state index contributed by atoms with van der Waals surface area (Å²) in [6, 6.07) is 8.82. The molecule has 1 aromatic carbocycles. The maximum atomic E-state index is 5.59. The lowest BCUT2D eigenvalue weighted by molar-refractivity contribution is -0.930. The van der Waals surface area contributed by atoms with Gasteiger partial charge in [-0.25, -0.2) is 0 Å². The van der Waals surface area contributed by atoms with Gasteiger partial charge in [-0.1, -0.05) is 6.42 Å². The number of thiocarbonyl (C=S) groups is 1. The fraction of sp³-hybridized carbons (Fsp3) is 0.611. The number of hydrogen-bond donors (Lipinski definition) is 2. The number of rotatable bonds is 3. The Morgan fingerprint density at radius 2 is 1.78 bits per heavy atom. The highest BCUT2D eigenvalue weighted by atomic mass is 32.1. The van der Waals surface area contributed by atoms with E-state index in [0.29, 0.717) is 0 Å². The Hall–Kier alpha value is -1.33. The van der Waals surface area contributed by atoms with E-state index in [9.17, 15) is 0 Å². The molecular formula is C18H28N3OS+. The van der Waals surface area contributed by atoms with Crippen molar-refractivity contribution < 1.29 is 9.64 Å². The number of hydrogen-bond acceptors (Lipinski definition) is 2. The van der Waals surface area contributed by atoms with Crippen molar-refractivity contribution in [3.63, 3.8) is 0 Å². The standard InChI is InChI=1S/C18H27N3OS/c1-22-17-9-7-15(8-10-17)19-18(23)21-13-11-20(12-14-21)16-5-3-2-4-6-16/h7-10,16H,2-6,11-14H2,1H3,(H,19,23)/p+1. The van der Waals surface area contributed by atoms with Crippen molar-refractivity contribution in [1.29, 1.82) is 0 Å². The Morgan fingerprint density at radius 3 is 2.39 bits per heavy atom. The van der Waals surface area contributed by atoms with E-state index in [-0.39, 0.29) is 0 Å². The number of ether oxygens (including phenoxy) is 1. The van der Waals surface area contributed by atoms with E-state index >= 15 is 0 Å². The van der Waals surface area contributed by atoms with E-state index in [2.05, 4.69) is 10.2 Å². The first kappa shape index (κ1) is 16.5. The highest BCUT2D eigenvalue weighted by molar-refractivity contribution is 7.80. The topological polar surface area (TPSA) is 28.9 Å². The molecule has 1 heterocycles. The lowest BCUT2D eigenvalue weighted by Crippen LogP contribution is -3.18. The number of anilines is 1. The molecule has 2 fully saturated rings. The first-order chi connectivity index (χ1) is 11.3. The summed E-state index contributed by atoms with van der Waals surface area (Å²) >= 11 is 5.59. The Bertz CT molecular complexity index is 506. The zero-order chi connectivity index (χ0) is 16.1. The quantitative estimate of drug-likeness (QED) is 0.827. The first-order valence-corrected chi connectivity index (χ1v) is 9.21. The minimum atomic E-state index is 0.845. The van der Waals surface area contributed by atoms with Crippen LogP contribution < -0.4 is 15.0 Å². The molecule has 0 bridgehead atoms. The number of methoxy groups -OCH3 is 1. The first-order valence-electron chi connectivity index (χ1n) is 8.81. The van der Waals surface area contributed by atoms with Crippen LogP contribution in [-0.2, 0) is 0 Å². The van der Waals surface area contributed by atoms with Crippen molar-refractivity contribution in [2.24, 2.45) is 0 Å². The molecule has 2 aliphatic rings. The van der Waals surface area contributed by atoms with Gasteiger partial charge in [-0.15, -0.1) is 0 Å². The highest BCUT2D eigenvalue weighted by Gasteiger charge is 2.29. The van der Waals surface area contributed by atoms with Crippen LogP contribution in [0.2, 0.25) is 0 Å². The molecule has 2 N–H and O–H groups in total. The minimum Gasteiger partial charge on any atom is -0.497 e. The zero-order valence-electron chi connectivity index (χ0n) is 14.0.